The molecule has 154 valence electrons. The Morgan fingerprint density at radius 2 is 1.79 bits per heavy atom. The number of ether oxygens (including phenoxy) is 4. The molecule has 0 N–H and O–H groups in total. The molecular weight excluding hydrogens is 396 g/mol. The summed E-state index contributed by atoms with van der Waals surface area (Å²) in [5.74, 6) is 0.562. The Labute approximate surface area is 175 Å². The van der Waals surface area contributed by atoms with Crippen LogP contribution < -0.4 is 14.2 Å². The summed E-state index contributed by atoms with van der Waals surface area (Å²) in [6.45, 7) is 3.95. The van der Waals surface area contributed by atoms with Gasteiger partial charge in [0, 0.05) is 11.6 Å². The molecule has 0 heterocycles. The van der Waals surface area contributed by atoms with E-state index in [1.54, 1.807) is 36.4 Å². The zero-order chi connectivity index (χ0) is 21.4. The number of methoxy groups -OCH3 is 2. The number of rotatable bonds is 9. The third kappa shape index (κ3) is 5.99. The van der Waals surface area contributed by atoms with Crippen molar-refractivity contribution in [1.29, 1.82) is 0 Å². The number of carbonyl (C=O) groups is 2. The molecule has 0 amide bonds. The van der Waals surface area contributed by atoms with E-state index in [1.165, 1.54) is 33.3 Å². The van der Waals surface area contributed by atoms with Crippen molar-refractivity contribution in [1.82, 2.24) is 0 Å². The van der Waals surface area contributed by atoms with Gasteiger partial charge in [-0.15, -0.1) is 0 Å². The molecule has 0 saturated carbocycles. The second-order valence-corrected chi connectivity index (χ2v) is 6.38. The van der Waals surface area contributed by atoms with Gasteiger partial charge < -0.3 is 18.9 Å². The van der Waals surface area contributed by atoms with Gasteiger partial charge in [-0.1, -0.05) is 11.6 Å². The van der Waals surface area contributed by atoms with Crippen LogP contribution in [0.1, 0.15) is 29.8 Å². The maximum atomic E-state index is 12.4. The van der Waals surface area contributed by atoms with Crippen molar-refractivity contribution in [3.8, 4) is 17.2 Å². The van der Waals surface area contributed by atoms with Gasteiger partial charge in [-0.05, 0) is 61.9 Å². The van der Waals surface area contributed by atoms with Gasteiger partial charge in [-0.25, -0.2) is 4.79 Å². The second-order valence-electron chi connectivity index (χ2n) is 5.97. The van der Waals surface area contributed by atoms with E-state index in [4.69, 9.17) is 30.5 Å². The van der Waals surface area contributed by atoms with Gasteiger partial charge in [0.2, 0.25) is 5.78 Å². The van der Waals surface area contributed by atoms with Crippen LogP contribution in [0.5, 0.6) is 17.2 Å². The third-order valence-electron chi connectivity index (χ3n) is 3.98. The molecule has 0 bridgehead atoms. The molecule has 0 aliphatic carbocycles. The first-order chi connectivity index (χ1) is 13.9. The van der Waals surface area contributed by atoms with Crippen LogP contribution in [-0.4, -0.2) is 38.7 Å². The van der Waals surface area contributed by atoms with Crippen LogP contribution >= 0.6 is 11.6 Å². The first-order valence-electron chi connectivity index (χ1n) is 8.96. The van der Waals surface area contributed by atoms with Crippen LogP contribution in [0.2, 0.25) is 5.02 Å². The van der Waals surface area contributed by atoms with Gasteiger partial charge in [0.15, 0.2) is 17.6 Å². The molecule has 0 unspecified atom stereocenters. The maximum absolute atomic E-state index is 12.4. The Hall–Kier alpha value is -2.99. The van der Waals surface area contributed by atoms with E-state index in [2.05, 4.69) is 0 Å². The van der Waals surface area contributed by atoms with E-state index < -0.39 is 12.1 Å². The van der Waals surface area contributed by atoms with Crippen LogP contribution in [0.15, 0.2) is 42.5 Å². The summed E-state index contributed by atoms with van der Waals surface area (Å²) < 4.78 is 20.9. The molecule has 2 aromatic carbocycles. The number of benzene rings is 2. The lowest BCUT2D eigenvalue weighted by atomic mass is 10.1. The summed E-state index contributed by atoms with van der Waals surface area (Å²) in [6, 6.07) is 9.97. The fraction of sp³-hybridized carbons (Fsp3) is 0.273. The van der Waals surface area contributed by atoms with Gasteiger partial charge in [0.25, 0.3) is 0 Å². The average Bonchev–Trinajstić information content (AvgIpc) is 2.72. The Kier molecular flexibility index (Phi) is 8.09. The normalized spacial score (nSPS) is 11.8. The number of esters is 1. The van der Waals surface area contributed by atoms with E-state index in [0.29, 0.717) is 40.0 Å². The molecule has 7 heteroatoms. The molecule has 0 radical (unpaired) electrons. The van der Waals surface area contributed by atoms with Gasteiger partial charge in [0.05, 0.1) is 25.8 Å². The van der Waals surface area contributed by atoms with Crippen molar-refractivity contribution in [3.05, 3.63) is 58.6 Å². The predicted molar refractivity (Wildman–Crippen MR) is 111 cm³/mol. The minimum atomic E-state index is -0.931. The average molecular weight is 419 g/mol. The molecule has 0 fully saturated rings. The van der Waals surface area contributed by atoms with E-state index in [9.17, 15) is 9.59 Å². The number of hydrogen-bond donors (Lipinski definition) is 0. The molecule has 2 rings (SSSR count). The highest BCUT2D eigenvalue weighted by Crippen LogP contribution is 2.36. The standard InChI is InChI=1S/C22H23ClO6/c1-5-28-17-9-7-16(8-10-17)21(25)14(2)29-20(24)11-6-15-12-18(23)22(27-4)19(13-15)26-3/h6-14H,5H2,1-4H3/b11-6+/t14-/m1/s1. The monoisotopic (exact) mass is 418 g/mol. The Balaban J connectivity index is 2.02. The summed E-state index contributed by atoms with van der Waals surface area (Å²) in [4.78, 5) is 24.5. The molecular formula is C22H23ClO6. The number of halogens is 1. The molecule has 1 atom stereocenters. The first-order valence-corrected chi connectivity index (χ1v) is 9.34. The molecule has 0 spiro atoms. The van der Waals surface area contributed by atoms with E-state index >= 15 is 0 Å². The molecule has 6 nitrogen and oxygen atoms in total. The zero-order valence-corrected chi connectivity index (χ0v) is 17.5. The van der Waals surface area contributed by atoms with E-state index in [0.717, 1.165) is 0 Å². The van der Waals surface area contributed by atoms with Crippen LogP contribution in [0.4, 0.5) is 0 Å². The van der Waals surface area contributed by atoms with Gasteiger partial charge >= 0.3 is 5.97 Å². The Morgan fingerprint density at radius 1 is 1.10 bits per heavy atom. The summed E-state index contributed by atoms with van der Waals surface area (Å²) in [5.41, 5.74) is 1.06. The first kappa shape index (κ1) is 22.3. The lowest BCUT2D eigenvalue weighted by molar-refractivity contribution is -0.140. The fourth-order valence-electron chi connectivity index (χ4n) is 2.58. The van der Waals surface area contributed by atoms with E-state index in [1.807, 2.05) is 6.92 Å². The maximum Gasteiger partial charge on any atom is 0.331 e. The Morgan fingerprint density at radius 3 is 2.38 bits per heavy atom. The van der Waals surface area contributed by atoms with Crippen molar-refractivity contribution in [3.63, 3.8) is 0 Å². The highest BCUT2D eigenvalue weighted by molar-refractivity contribution is 6.32. The minimum Gasteiger partial charge on any atom is -0.494 e. The van der Waals surface area contributed by atoms with Crippen LogP contribution in [0.25, 0.3) is 6.08 Å². The largest absolute Gasteiger partial charge is 0.494 e. The second kappa shape index (κ2) is 10.5. The lowest BCUT2D eigenvalue weighted by Crippen LogP contribution is -2.23. The molecule has 0 saturated heterocycles. The number of hydrogen-bond acceptors (Lipinski definition) is 6. The van der Waals surface area contributed by atoms with Crippen LogP contribution in [0, 0.1) is 0 Å². The third-order valence-corrected chi connectivity index (χ3v) is 4.26. The van der Waals surface area contributed by atoms with Gasteiger partial charge in [-0.3, -0.25) is 4.79 Å². The van der Waals surface area contributed by atoms with Crippen molar-refractivity contribution in [2.45, 2.75) is 20.0 Å². The van der Waals surface area contributed by atoms with Gasteiger partial charge in [-0.2, -0.15) is 0 Å². The highest BCUT2D eigenvalue weighted by atomic mass is 35.5. The summed E-state index contributed by atoms with van der Waals surface area (Å²) >= 11 is 6.14. The number of carbonyl (C=O) groups excluding carboxylic acids is 2. The Bertz CT molecular complexity index is 889. The lowest BCUT2D eigenvalue weighted by Gasteiger charge is -2.12. The fourth-order valence-corrected chi connectivity index (χ4v) is 2.88. The number of ketones is 1. The molecule has 0 aromatic heterocycles. The molecule has 2 aromatic rings. The van der Waals surface area contributed by atoms with Crippen molar-refractivity contribution < 1.29 is 28.5 Å². The summed E-state index contributed by atoms with van der Waals surface area (Å²) in [5, 5.41) is 0.346. The van der Waals surface area contributed by atoms with E-state index in [-0.39, 0.29) is 5.78 Å². The van der Waals surface area contributed by atoms with Crippen molar-refractivity contribution in [2.75, 3.05) is 20.8 Å². The predicted octanol–water partition coefficient (Wildman–Crippen LogP) is 4.58. The number of Topliss-reactive ketones (excluding diaryl/α,β-unsaturated/α-hetero) is 1. The quantitative estimate of drug-likeness (QED) is 0.337. The van der Waals surface area contributed by atoms with Gasteiger partial charge in [0.1, 0.15) is 5.75 Å². The van der Waals surface area contributed by atoms with Crippen LogP contribution in [0.3, 0.4) is 0 Å². The molecule has 0 aliphatic rings. The smallest absolute Gasteiger partial charge is 0.331 e. The molecule has 0 aliphatic heterocycles. The topological polar surface area (TPSA) is 71.1 Å². The highest BCUT2D eigenvalue weighted by Gasteiger charge is 2.18. The van der Waals surface area contributed by atoms with Crippen molar-refractivity contribution >= 4 is 29.4 Å². The SMILES string of the molecule is CCOc1ccc(C(=O)[C@@H](C)OC(=O)/C=C/c2cc(Cl)c(OC)c(OC)c2)cc1. The summed E-state index contributed by atoms with van der Waals surface area (Å²) in [6.07, 6.45) is 1.81. The summed E-state index contributed by atoms with van der Waals surface area (Å²) in [7, 11) is 2.98. The van der Waals surface area contributed by atoms with Crippen molar-refractivity contribution in [2.24, 2.45) is 0 Å². The minimum absolute atomic E-state index is 0.302. The zero-order valence-electron chi connectivity index (χ0n) is 16.7. The van der Waals surface area contributed by atoms with Crippen LogP contribution in [-0.2, 0) is 9.53 Å². The molecule has 29 heavy (non-hydrogen) atoms.